The first-order valence-corrected chi connectivity index (χ1v) is 8.73. The SMILES string of the molecule is CC(C)(CO)CC(c1ccc2c(c1)CCC2(C)C)C(C)(C)C=O. The number of carbonyl (C=O) groups is 1. The molecule has 0 amide bonds. The lowest BCUT2D eigenvalue weighted by atomic mass is 9.68. The van der Waals surface area contributed by atoms with Gasteiger partial charge in [0.1, 0.15) is 6.29 Å². The zero-order chi connectivity index (χ0) is 17.5. The summed E-state index contributed by atoms with van der Waals surface area (Å²) in [4.78, 5) is 11.7. The third kappa shape index (κ3) is 3.68. The van der Waals surface area contributed by atoms with Crippen LogP contribution in [0.15, 0.2) is 18.2 Å². The van der Waals surface area contributed by atoms with E-state index in [9.17, 15) is 9.90 Å². The van der Waals surface area contributed by atoms with E-state index in [1.165, 1.54) is 23.1 Å². The molecule has 0 heterocycles. The second kappa shape index (κ2) is 6.05. The molecule has 1 aromatic rings. The Labute approximate surface area is 141 Å². The fourth-order valence-electron chi connectivity index (χ4n) is 3.79. The molecule has 1 aromatic carbocycles. The molecule has 2 rings (SSSR count). The molecule has 1 N–H and O–H groups in total. The van der Waals surface area contributed by atoms with Crippen LogP contribution in [-0.2, 0) is 16.6 Å². The van der Waals surface area contributed by atoms with Gasteiger partial charge in [-0.3, -0.25) is 0 Å². The highest BCUT2D eigenvalue weighted by Crippen LogP contribution is 2.45. The van der Waals surface area contributed by atoms with Crippen molar-refractivity contribution >= 4 is 6.29 Å². The zero-order valence-corrected chi connectivity index (χ0v) is 15.6. The Balaban J connectivity index is 2.43. The molecule has 0 radical (unpaired) electrons. The van der Waals surface area contributed by atoms with Crippen molar-refractivity contribution in [3.63, 3.8) is 0 Å². The van der Waals surface area contributed by atoms with Gasteiger partial charge in [0, 0.05) is 12.0 Å². The van der Waals surface area contributed by atoms with E-state index in [0.717, 1.165) is 19.1 Å². The summed E-state index contributed by atoms with van der Waals surface area (Å²) < 4.78 is 0. The average Bonchev–Trinajstić information content (AvgIpc) is 2.80. The first-order valence-electron chi connectivity index (χ1n) is 8.73. The number of aliphatic hydroxyl groups excluding tert-OH is 1. The molecular formula is C21H32O2. The van der Waals surface area contributed by atoms with Crippen LogP contribution in [0.2, 0.25) is 0 Å². The summed E-state index contributed by atoms with van der Waals surface area (Å²) in [6.07, 6.45) is 4.18. The highest BCUT2D eigenvalue weighted by molar-refractivity contribution is 5.61. The van der Waals surface area contributed by atoms with Gasteiger partial charge in [0.25, 0.3) is 0 Å². The summed E-state index contributed by atoms with van der Waals surface area (Å²) in [5.74, 6) is 0.121. The fourth-order valence-corrected chi connectivity index (χ4v) is 3.79. The van der Waals surface area contributed by atoms with Crippen molar-refractivity contribution in [1.82, 2.24) is 0 Å². The van der Waals surface area contributed by atoms with E-state index < -0.39 is 5.41 Å². The Kier molecular flexibility index (Phi) is 4.79. The molecule has 0 aliphatic heterocycles. The van der Waals surface area contributed by atoms with Crippen LogP contribution in [0, 0.1) is 10.8 Å². The van der Waals surface area contributed by atoms with Gasteiger partial charge in [-0.25, -0.2) is 0 Å². The number of fused-ring (bicyclic) bond motifs is 1. The van der Waals surface area contributed by atoms with Gasteiger partial charge in [-0.1, -0.05) is 59.7 Å². The first kappa shape index (κ1) is 18.2. The van der Waals surface area contributed by atoms with Crippen molar-refractivity contribution in [2.75, 3.05) is 6.61 Å². The minimum atomic E-state index is -0.436. The topological polar surface area (TPSA) is 37.3 Å². The lowest BCUT2D eigenvalue weighted by Crippen LogP contribution is -2.30. The molecular weight excluding hydrogens is 284 g/mol. The van der Waals surface area contributed by atoms with Crippen molar-refractivity contribution in [3.05, 3.63) is 34.9 Å². The van der Waals surface area contributed by atoms with Crippen LogP contribution in [0.25, 0.3) is 0 Å². The Morgan fingerprint density at radius 3 is 2.48 bits per heavy atom. The van der Waals surface area contributed by atoms with Crippen LogP contribution < -0.4 is 0 Å². The van der Waals surface area contributed by atoms with Gasteiger partial charge >= 0.3 is 0 Å². The Hall–Kier alpha value is -1.15. The van der Waals surface area contributed by atoms with E-state index >= 15 is 0 Å². The summed E-state index contributed by atoms with van der Waals surface area (Å²) >= 11 is 0. The van der Waals surface area contributed by atoms with Crippen LogP contribution in [0.3, 0.4) is 0 Å². The third-order valence-corrected chi connectivity index (χ3v) is 5.67. The Bertz CT molecular complexity index is 582. The number of aliphatic hydroxyl groups is 1. The predicted molar refractivity (Wildman–Crippen MR) is 95.9 cm³/mol. The molecule has 1 aliphatic carbocycles. The number of hydrogen-bond donors (Lipinski definition) is 1. The first-order chi connectivity index (χ1) is 10.5. The van der Waals surface area contributed by atoms with Gasteiger partial charge in [-0.05, 0) is 52.7 Å². The average molecular weight is 316 g/mol. The molecule has 1 atom stereocenters. The quantitative estimate of drug-likeness (QED) is 0.777. The molecule has 0 saturated heterocycles. The molecule has 1 unspecified atom stereocenters. The Morgan fingerprint density at radius 2 is 1.91 bits per heavy atom. The maximum Gasteiger partial charge on any atom is 0.126 e. The molecule has 2 nitrogen and oxygen atoms in total. The van der Waals surface area contributed by atoms with Gasteiger partial charge in [0.2, 0.25) is 0 Å². The van der Waals surface area contributed by atoms with Crippen LogP contribution in [0.4, 0.5) is 0 Å². The van der Waals surface area contributed by atoms with Gasteiger partial charge in [0.15, 0.2) is 0 Å². The smallest absolute Gasteiger partial charge is 0.126 e. The molecule has 0 saturated carbocycles. The molecule has 0 aromatic heterocycles. The number of rotatable bonds is 6. The monoisotopic (exact) mass is 316 g/mol. The predicted octanol–water partition coefficient (Wildman–Crippen LogP) is 4.63. The lowest BCUT2D eigenvalue weighted by Gasteiger charge is -2.36. The van der Waals surface area contributed by atoms with Crippen LogP contribution >= 0.6 is 0 Å². The van der Waals surface area contributed by atoms with Crippen LogP contribution in [0.5, 0.6) is 0 Å². The van der Waals surface area contributed by atoms with E-state index in [0.29, 0.717) is 0 Å². The second-order valence-corrected chi connectivity index (χ2v) is 9.32. The van der Waals surface area contributed by atoms with Crippen LogP contribution in [0.1, 0.15) is 77.0 Å². The highest BCUT2D eigenvalue weighted by atomic mass is 16.3. The summed E-state index contributed by atoms with van der Waals surface area (Å²) in [5, 5.41) is 9.66. The van der Waals surface area contributed by atoms with E-state index in [4.69, 9.17) is 0 Å². The molecule has 1 aliphatic rings. The second-order valence-electron chi connectivity index (χ2n) is 9.32. The number of benzene rings is 1. The minimum absolute atomic E-state index is 0.121. The van der Waals surface area contributed by atoms with Crippen molar-refractivity contribution in [1.29, 1.82) is 0 Å². The molecule has 2 heteroatoms. The normalized spacial score (nSPS) is 18.6. The summed E-state index contributed by atoms with van der Waals surface area (Å²) in [7, 11) is 0. The summed E-state index contributed by atoms with van der Waals surface area (Å²) in [6.45, 7) is 12.9. The van der Waals surface area contributed by atoms with Gasteiger partial charge in [-0.2, -0.15) is 0 Å². The minimum Gasteiger partial charge on any atom is -0.396 e. The number of carbonyl (C=O) groups excluding carboxylic acids is 1. The third-order valence-electron chi connectivity index (χ3n) is 5.67. The van der Waals surface area contributed by atoms with E-state index in [2.05, 4.69) is 45.9 Å². The van der Waals surface area contributed by atoms with Crippen molar-refractivity contribution < 1.29 is 9.90 Å². The maximum atomic E-state index is 11.7. The van der Waals surface area contributed by atoms with E-state index in [-0.39, 0.29) is 23.4 Å². The molecule has 23 heavy (non-hydrogen) atoms. The maximum absolute atomic E-state index is 11.7. The van der Waals surface area contributed by atoms with Crippen molar-refractivity contribution in [2.24, 2.45) is 10.8 Å². The standard InChI is InChI=1S/C21H32O2/c1-19(2,13-22)12-18(21(5,6)14-23)15-7-8-17-16(11-15)9-10-20(17,3)4/h7-8,11,14,18,22H,9-10,12-13H2,1-6H3. The van der Waals surface area contributed by atoms with Crippen molar-refractivity contribution in [3.8, 4) is 0 Å². The van der Waals surface area contributed by atoms with Gasteiger partial charge in [-0.15, -0.1) is 0 Å². The number of aryl methyl sites for hydroxylation is 1. The number of hydrogen-bond acceptors (Lipinski definition) is 2. The van der Waals surface area contributed by atoms with E-state index in [1.807, 2.05) is 13.8 Å². The number of aldehydes is 1. The molecule has 128 valence electrons. The van der Waals surface area contributed by atoms with Crippen LogP contribution in [-0.4, -0.2) is 18.0 Å². The zero-order valence-electron chi connectivity index (χ0n) is 15.6. The van der Waals surface area contributed by atoms with Gasteiger partial charge in [0.05, 0.1) is 0 Å². The summed E-state index contributed by atoms with van der Waals surface area (Å²) in [5.41, 5.74) is 3.75. The Morgan fingerprint density at radius 1 is 1.26 bits per heavy atom. The van der Waals surface area contributed by atoms with Gasteiger partial charge < -0.3 is 9.90 Å². The largest absolute Gasteiger partial charge is 0.396 e. The van der Waals surface area contributed by atoms with Crippen molar-refractivity contribution in [2.45, 2.75) is 72.1 Å². The fraction of sp³-hybridized carbons (Fsp3) is 0.667. The molecule has 0 bridgehead atoms. The summed E-state index contributed by atoms with van der Waals surface area (Å²) in [6, 6.07) is 6.78. The highest BCUT2D eigenvalue weighted by Gasteiger charge is 2.36. The molecule has 0 spiro atoms. The van der Waals surface area contributed by atoms with E-state index in [1.54, 1.807) is 0 Å². The molecule has 0 fully saturated rings. The lowest BCUT2D eigenvalue weighted by molar-refractivity contribution is -0.116.